The Balaban J connectivity index is 1.83. The summed E-state index contributed by atoms with van der Waals surface area (Å²) >= 11 is 0. The highest BCUT2D eigenvalue weighted by atomic mass is 14.9. The Kier molecular flexibility index (Phi) is 5.31. The quantitative estimate of drug-likeness (QED) is 0.419. The summed E-state index contributed by atoms with van der Waals surface area (Å²) in [5.41, 5.74) is 4.82. The lowest BCUT2D eigenvalue weighted by Gasteiger charge is -2.29. The van der Waals surface area contributed by atoms with Crippen molar-refractivity contribution in [3.63, 3.8) is 0 Å². The topological polar surface area (TPSA) is 12.0 Å². The van der Waals surface area contributed by atoms with E-state index in [4.69, 9.17) is 0 Å². The average Bonchev–Trinajstić information content (AvgIpc) is 2.76. The van der Waals surface area contributed by atoms with Crippen molar-refractivity contribution in [3.05, 3.63) is 144 Å². The van der Waals surface area contributed by atoms with E-state index in [0.29, 0.717) is 0 Å². The van der Waals surface area contributed by atoms with Gasteiger partial charge in [0.2, 0.25) is 0 Å². The van der Waals surface area contributed by atoms with Gasteiger partial charge in [-0.05, 0) is 28.8 Å². The van der Waals surface area contributed by atoms with Gasteiger partial charge in [0.25, 0.3) is 0 Å². The zero-order valence-electron chi connectivity index (χ0n) is 15.1. The maximum atomic E-state index is 3.71. The fourth-order valence-corrected chi connectivity index (χ4v) is 3.42. The van der Waals surface area contributed by atoms with Crippen molar-refractivity contribution in [3.8, 4) is 0 Å². The second kappa shape index (κ2) is 8.37. The number of rotatable bonds is 6. The van der Waals surface area contributed by atoms with Gasteiger partial charge in [-0.25, -0.2) is 0 Å². The van der Waals surface area contributed by atoms with E-state index in [1.807, 2.05) is 6.07 Å². The zero-order valence-corrected chi connectivity index (χ0v) is 15.1. The van der Waals surface area contributed by atoms with Crippen LogP contribution >= 0.6 is 0 Å². The lowest BCUT2D eigenvalue weighted by atomic mass is 9.81. The third kappa shape index (κ3) is 4.09. The number of anilines is 1. The van der Waals surface area contributed by atoms with Crippen LogP contribution in [0.25, 0.3) is 0 Å². The van der Waals surface area contributed by atoms with Gasteiger partial charge in [0.1, 0.15) is 6.04 Å². The molecule has 0 bridgehead atoms. The molecule has 0 heterocycles. The van der Waals surface area contributed by atoms with Gasteiger partial charge in [0, 0.05) is 11.6 Å². The highest BCUT2D eigenvalue weighted by molar-refractivity contribution is 5.57. The summed E-state index contributed by atoms with van der Waals surface area (Å²) < 4.78 is 0. The molecule has 0 amide bonds. The number of hydrogen-bond acceptors (Lipinski definition) is 1. The molecule has 0 aromatic heterocycles. The minimum absolute atomic E-state index is 0.120. The van der Waals surface area contributed by atoms with Gasteiger partial charge >= 0.3 is 0 Å². The molecule has 1 radical (unpaired) electrons. The molecule has 4 aromatic carbocycles. The Morgan fingerprint density at radius 1 is 0.481 bits per heavy atom. The lowest BCUT2D eigenvalue weighted by molar-refractivity contribution is 0.853. The largest absolute Gasteiger partial charge is 0.372 e. The van der Waals surface area contributed by atoms with Crippen LogP contribution in [0.3, 0.4) is 0 Å². The van der Waals surface area contributed by atoms with Gasteiger partial charge < -0.3 is 5.32 Å². The van der Waals surface area contributed by atoms with E-state index in [9.17, 15) is 0 Å². The van der Waals surface area contributed by atoms with Gasteiger partial charge in [0.05, 0.1) is 0 Å². The number of nitrogens with one attached hydrogen (secondary N) is 1. The first kappa shape index (κ1) is 17.1. The van der Waals surface area contributed by atoms with Crippen LogP contribution in [0.15, 0.2) is 121 Å². The molecular formula is C26H22N. The third-order valence-corrected chi connectivity index (χ3v) is 4.69. The predicted molar refractivity (Wildman–Crippen MR) is 114 cm³/mol. The van der Waals surface area contributed by atoms with Crippen LogP contribution in [0.1, 0.15) is 22.6 Å². The first-order valence-corrected chi connectivity index (χ1v) is 9.26. The summed E-state index contributed by atoms with van der Waals surface area (Å²) in [5.74, 6) is 0.120. The van der Waals surface area contributed by atoms with Crippen LogP contribution in [-0.4, -0.2) is 0 Å². The van der Waals surface area contributed by atoms with Gasteiger partial charge in [0.15, 0.2) is 0 Å². The smallest absolute Gasteiger partial charge is 0.102 e. The second-order valence-corrected chi connectivity index (χ2v) is 6.53. The number of para-hydroxylation sites is 1. The maximum absolute atomic E-state index is 3.71. The summed E-state index contributed by atoms with van der Waals surface area (Å²) in [7, 11) is 0. The molecule has 1 N–H and O–H groups in total. The molecule has 4 aromatic rings. The Bertz CT molecular complexity index is 895. The van der Waals surface area contributed by atoms with Crippen molar-refractivity contribution in [2.45, 2.75) is 5.92 Å². The van der Waals surface area contributed by atoms with E-state index in [0.717, 1.165) is 5.69 Å². The number of hydrogen-bond donors (Lipinski definition) is 1. The molecule has 131 valence electrons. The molecule has 0 unspecified atom stereocenters. The summed E-state index contributed by atoms with van der Waals surface area (Å²) in [6.45, 7) is 0. The van der Waals surface area contributed by atoms with Crippen molar-refractivity contribution in [1.82, 2.24) is 0 Å². The van der Waals surface area contributed by atoms with Crippen LogP contribution < -0.4 is 5.32 Å². The van der Waals surface area contributed by atoms with E-state index >= 15 is 0 Å². The first-order valence-electron chi connectivity index (χ1n) is 9.26. The molecule has 0 aliphatic carbocycles. The highest BCUT2D eigenvalue weighted by Crippen LogP contribution is 2.38. The first-order chi connectivity index (χ1) is 13.4. The lowest BCUT2D eigenvalue weighted by Crippen LogP contribution is -2.21. The van der Waals surface area contributed by atoms with Crippen LogP contribution in [0.5, 0.6) is 0 Å². The summed E-state index contributed by atoms with van der Waals surface area (Å²) in [6, 6.07) is 43.5. The van der Waals surface area contributed by atoms with Crippen molar-refractivity contribution in [1.29, 1.82) is 0 Å². The molecule has 27 heavy (non-hydrogen) atoms. The van der Waals surface area contributed by atoms with Crippen molar-refractivity contribution >= 4 is 5.69 Å². The SMILES string of the molecule is c1ccc(N[C](c2ccccc2)C(c2ccccc2)c2ccccc2)cc1. The van der Waals surface area contributed by atoms with E-state index in [2.05, 4.69) is 121 Å². The molecule has 1 heteroatoms. The Morgan fingerprint density at radius 2 is 0.889 bits per heavy atom. The standard InChI is InChI=1S/C26H22N/c1-5-13-21(14-6-1)25(22-15-7-2-8-16-22)26(23-17-9-3-10-18-23)27-24-19-11-4-12-20-24/h1-20,25,27H. The molecule has 0 saturated heterocycles. The highest BCUT2D eigenvalue weighted by Gasteiger charge is 2.27. The molecule has 1 nitrogen and oxygen atoms in total. The molecule has 0 atom stereocenters. The minimum atomic E-state index is 0.120. The zero-order chi connectivity index (χ0) is 18.3. The average molecular weight is 348 g/mol. The Morgan fingerprint density at radius 3 is 1.37 bits per heavy atom. The summed E-state index contributed by atoms with van der Waals surface area (Å²) in [4.78, 5) is 0. The van der Waals surface area contributed by atoms with Crippen LogP contribution in [0.4, 0.5) is 5.69 Å². The molecule has 0 fully saturated rings. The van der Waals surface area contributed by atoms with Crippen molar-refractivity contribution in [2.24, 2.45) is 0 Å². The Labute approximate surface area is 161 Å². The van der Waals surface area contributed by atoms with E-state index in [-0.39, 0.29) is 5.92 Å². The van der Waals surface area contributed by atoms with Crippen LogP contribution in [-0.2, 0) is 0 Å². The monoisotopic (exact) mass is 348 g/mol. The minimum Gasteiger partial charge on any atom is -0.372 e. The third-order valence-electron chi connectivity index (χ3n) is 4.69. The van der Waals surface area contributed by atoms with Crippen molar-refractivity contribution in [2.75, 3.05) is 5.32 Å². The normalized spacial score (nSPS) is 10.9. The Hall–Kier alpha value is -3.32. The summed E-state index contributed by atoms with van der Waals surface area (Å²) in [6.07, 6.45) is 0. The molecule has 4 rings (SSSR count). The van der Waals surface area contributed by atoms with Crippen LogP contribution in [0.2, 0.25) is 0 Å². The van der Waals surface area contributed by atoms with Gasteiger partial charge in [-0.2, -0.15) is 0 Å². The number of benzene rings is 4. The predicted octanol–water partition coefficient (Wildman–Crippen LogP) is 6.51. The molecule has 0 spiro atoms. The maximum Gasteiger partial charge on any atom is 0.102 e. The van der Waals surface area contributed by atoms with E-state index < -0.39 is 0 Å². The van der Waals surface area contributed by atoms with Crippen LogP contribution in [0, 0.1) is 6.04 Å². The van der Waals surface area contributed by atoms with E-state index in [1.54, 1.807) is 0 Å². The summed E-state index contributed by atoms with van der Waals surface area (Å²) in [5, 5.41) is 3.71. The molecule has 0 aliphatic rings. The molecule has 0 aliphatic heterocycles. The van der Waals surface area contributed by atoms with Crippen molar-refractivity contribution < 1.29 is 0 Å². The van der Waals surface area contributed by atoms with Gasteiger partial charge in [-0.15, -0.1) is 0 Å². The van der Waals surface area contributed by atoms with Gasteiger partial charge in [-0.1, -0.05) is 109 Å². The fraction of sp³-hybridized carbons (Fsp3) is 0.0385. The second-order valence-electron chi connectivity index (χ2n) is 6.53. The molecular weight excluding hydrogens is 326 g/mol. The molecule has 0 saturated carbocycles. The fourth-order valence-electron chi connectivity index (χ4n) is 3.42. The van der Waals surface area contributed by atoms with Gasteiger partial charge in [-0.3, -0.25) is 0 Å². The van der Waals surface area contributed by atoms with E-state index in [1.165, 1.54) is 22.7 Å².